The smallest absolute Gasteiger partial charge is 0.246 e. The molecular weight excluding hydrogens is 328 g/mol. The summed E-state index contributed by atoms with van der Waals surface area (Å²) in [7, 11) is 0. The van der Waals surface area contributed by atoms with Crippen molar-refractivity contribution in [3.05, 3.63) is 0 Å². The van der Waals surface area contributed by atoms with E-state index in [1.54, 1.807) is 5.84 Å². The van der Waals surface area contributed by atoms with Crippen LogP contribution in [0.1, 0.15) is 129 Å². The SMILES string of the molecule is CCCCCCCCCCCCCCCCCCN1CCC[N+]2=C1CCC2. The Morgan fingerprint density at radius 1 is 0.630 bits per heavy atom. The van der Waals surface area contributed by atoms with Crippen molar-refractivity contribution >= 4 is 5.84 Å². The second-order valence-electron chi connectivity index (χ2n) is 9.15. The normalized spacial score (nSPS) is 17.0. The lowest BCUT2D eigenvalue weighted by Crippen LogP contribution is -2.41. The van der Waals surface area contributed by atoms with Crippen LogP contribution in [0.2, 0.25) is 0 Å². The van der Waals surface area contributed by atoms with Gasteiger partial charge < -0.3 is 0 Å². The summed E-state index contributed by atoms with van der Waals surface area (Å²) < 4.78 is 2.65. The fraction of sp³-hybridized carbons (Fsp3) is 0.960. The van der Waals surface area contributed by atoms with Crippen LogP contribution in [0.15, 0.2) is 0 Å². The molecule has 0 unspecified atom stereocenters. The van der Waals surface area contributed by atoms with E-state index in [4.69, 9.17) is 0 Å². The maximum absolute atomic E-state index is 2.71. The Hall–Kier alpha value is -0.530. The second-order valence-corrected chi connectivity index (χ2v) is 9.15. The minimum absolute atomic E-state index is 1.32. The molecule has 0 aromatic carbocycles. The fourth-order valence-electron chi connectivity index (χ4n) is 4.99. The predicted octanol–water partition coefficient (Wildman–Crippen LogP) is 7.16. The molecule has 2 heteroatoms. The van der Waals surface area contributed by atoms with Crippen molar-refractivity contribution < 1.29 is 4.58 Å². The van der Waals surface area contributed by atoms with Gasteiger partial charge in [-0.3, -0.25) is 9.48 Å². The second kappa shape index (κ2) is 15.4. The van der Waals surface area contributed by atoms with Crippen molar-refractivity contribution in [3.63, 3.8) is 0 Å². The molecule has 0 saturated carbocycles. The van der Waals surface area contributed by atoms with Crippen molar-refractivity contribution in [2.75, 3.05) is 26.2 Å². The molecule has 2 aliphatic heterocycles. The van der Waals surface area contributed by atoms with Crippen molar-refractivity contribution in [1.82, 2.24) is 4.90 Å². The number of unbranched alkanes of at least 4 members (excludes halogenated alkanes) is 15. The van der Waals surface area contributed by atoms with E-state index in [9.17, 15) is 0 Å². The minimum Gasteiger partial charge on any atom is -0.266 e. The predicted molar refractivity (Wildman–Crippen MR) is 120 cm³/mol. The highest BCUT2D eigenvalue weighted by Gasteiger charge is 2.30. The van der Waals surface area contributed by atoms with E-state index in [1.807, 2.05) is 0 Å². The topological polar surface area (TPSA) is 6.25 Å². The Bertz CT molecular complexity index is 388. The van der Waals surface area contributed by atoms with E-state index in [0.717, 1.165) is 0 Å². The van der Waals surface area contributed by atoms with Crippen LogP contribution >= 0.6 is 0 Å². The summed E-state index contributed by atoms with van der Waals surface area (Å²) in [4.78, 5) is 2.71. The lowest BCUT2D eigenvalue weighted by molar-refractivity contribution is -0.530. The van der Waals surface area contributed by atoms with E-state index in [2.05, 4.69) is 16.4 Å². The molecule has 27 heavy (non-hydrogen) atoms. The fourth-order valence-corrected chi connectivity index (χ4v) is 4.99. The third kappa shape index (κ3) is 9.99. The molecule has 0 radical (unpaired) electrons. The molecule has 0 aromatic rings. The summed E-state index contributed by atoms with van der Waals surface area (Å²) in [6.45, 7) is 7.60. The molecule has 0 aromatic heterocycles. The third-order valence-corrected chi connectivity index (χ3v) is 6.70. The van der Waals surface area contributed by atoms with Gasteiger partial charge in [-0.1, -0.05) is 96.8 Å². The van der Waals surface area contributed by atoms with Crippen LogP contribution in [0.3, 0.4) is 0 Å². The average Bonchev–Trinajstić information content (AvgIpc) is 3.17. The Labute approximate surface area is 170 Å². The zero-order valence-electron chi connectivity index (χ0n) is 18.7. The Morgan fingerprint density at radius 3 is 1.67 bits per heavy atom. The summed E-state index contributed by atoms with van der Waals surface area (Å²) in [6.07, 6.45) is 27.5. The van der Waals surface area contributed by atoms with Crippen LogP contribution < -0.4 is 0 Å². The standard InChI is InChI=1S/C25H49N2/c1-2-3-4-5-6-7-8-9-10-11-12-13-14-15-16-17-21-26-23-19-24-27-22-18-20-25(26)27/h2-24H2,1H3/q+1. The zero-order chi connectivity index (χ0) is 19.0. The number of rotatable bonds is 17. The van der Waals surface area contributed by atoms with Crippen molar-refractivity contribution in [1.29, 1.82) is 0 Å². The van der Waals surface area contributed by atoms with Gasteiger partial charge in [-0.15, -0.1) is 0 Å². The molecule has 158 valence electrons. The first-order chi connectivity index (χ1) is 13.4. The van der Waals surface area contributed by atoms with Crippen LogP contribution in [0.5, 0.6) is 0 Å². The molecule has 0 atom stereocenters. The lowest BCUT2D eigenvalue weighted by Gasteiger charge is -2.23. The summed E-state index contributed by atoms with van der Waals surface area (Å²) in [6, 6.07) is 0. The Balaban J connectivity index is 1.29. The monoisotopic (exact) mass is 377 g/mol. The number of hydrogen-bond acceptors (Lipinski definition) is 1. The Morgan fingerprint density at radius 2 is 1.11 bits per heavy atom. The van der Waals surface area contributed by atoms with Gasteiger partial charge in [-0.05, 0) is 19.3 Å². The van der Waals surface area contributed by atoms with E-state index < -0.39 is 0 Å². The molecule has 0 aliphatic carbocycles. The van der Waals surface area contributed by atoms with Gasteiger partial charge in [-0.25, -0.2) is 0 Å². The van der Waals surface area contributed by atoms with Crippen LogP contribution in [0, 0.1) is 0 Å². The first-order valence-electron chi connectivity index (χ1n) is 12.8. The summed E-state index contributed by atoms with van der Waals surface area (Å²) in [5, 5.41) is 0. The lowest BCUT2D eigenvalue weighted by atomic mass is 10.0. The molecule has 2 nitrogen and oxygen atoms in total. The first-order valence-corrected chi connectivity index (χ1v) is 12.8. The number of hydrogen-bond donors (Lipinski definition) is 0. The number of amidine groups is 1. The molecule has 0 bridgehead atoms. The van der Waals surface area contributed by atoms with Crippen molar-refractivity contribution in [2.24, 2.45) is 0 Å². The van der Waals surface area contributed by atoms with Crippen LogP contribution in [0.4, 0.5) is 0 Å². The molecule has 0 spiro atoms. The summed E-state index contributed by atoms with van der Waals surface area (Å²) in [5.41, 5.74) is 0. The van der Waals surface area contributed by atoms with Gasteiger partial charge in [0.2, 0.25) is 5.84 Å². The maximum atomic E-state index is 2.71. The van der Waals surface area contributed by atoms with Gasteiger partial charge in [0.15, 0.2) is 0 Å². The van der Waals surface area contributed by atoms with Gasteiger partial charge in [-0.2, -0.15) is 0 Å². The summed E-state index contributed by atoms with van der Waals surface area (Å²) in [5.74, 6) is 1.68. The van der Waals surface area contributed by atoms with Gasteiger partial charge in [0, 0.05) is 6.42 Å². The molecular formula is C25H49N2+. The highest BCUT2D eigenvalue weighted by molar-refractivity contribution is 5.78. The maximum Gasteiger partial charge on any atom is 0.246 e. The minimum atomic E-state index is 1.32. The zero-order valence-corrected chi connectivity index (χ0v) is 18.7. The van der Waals surface area contributed by atoms with Gasteiger partial charge in [0.05, 0.1) is 32.6 Å². The molecule has 0 N–H and O–H groups in total. The van der Waals surface area contributed by atoms with Crippen molar-refractivity contribution in [2.45, 2.75) is 129 Å². The highest BCUT2D eigenvalue weighted by Crippen LogP contribution is 2.16. The molecule has 0 saturated heterocycles. The van der Waals surface area contributed by atoms with E-state index in [1.165, 1.54) is 148 Å². The van der Waals surface area contributed by atoms with E-state index in [-0.39, 0.29) is 0 Å². The highest BCUT2D eigenvalue weighted by atomic mass is 15.3. The average molecular weight is 378 g/mol. The molecule has 0 amide bonds. The van der Waals surface area contributed by atoms with Gasteiger partial charge in [0.25, 0.3) is 0 Å². The summed E-state index contributed by atoms with van der Waals surface area (Å²) >= 11 is 0. The van der Waals surface area contributed by atoms with Crippen LogP contribution in [-0.4, -0.2) is 41.5 Å². The van der Waals surface area contributed by atoms with Gasteiger partial charge in [0.1, 0.15) is 0 Å². The molecule has 0 fully saturated rings. The molecule has 2 heterocycles. The molecule has 2 aliphatic rings. The van der Waals surface area contributed by atoms with E-state index >= 15 is 0 Å². The number of nitrogens with zero attached hydrogens (tertiary/aromatic N) is 2. The first kappa shape index (κ1) is 22.8. The van der Waals surface area contributed by atoms with Gasteiger partial charge >= 0.3 is 0 Å². The third-order valence-electron chi connectivity index (χ3n) is 6.70. The van der Waals surface area contributed by atoms with E-state index in [0.29, 0.717) is 0 Å². The van der Waals surface area contributed by atoms with Crippen LogP contribution in [-0.2, 0) is 0 Å². The van der Waals surface area contributed by atoms with Crippen molar-refractivity contribution in [3.8, 4) is 0 Å². The largest absolute Gasteiger partial charge is 0.266 e. The Kier molecular flexibility index (Phi) is 13.0. The quantitative estimate of drug-likeness (QED) is 0.192. The van der Waals surface area contributed by atoms with Crippen LogP contribution in [0.25, 0.3) is 0 Å². The molecule has 2 rings (SSSR count).